The van der Waals surface area contributed by atoms with Crippen LogP contribution in [0.1, 0.15) is 49.9 Å². The first-order valence-electron chi connectivity index (χ1n) is 9.05. The summed E-state index contributed by atoms with van der Waals surface area (Å²) in [6.07, 6.45) is 3.38. The molecule has 1 aromatic carbocycles. The average Bonchev–Trinajstić information content (AvgIpc) is 2.69. The van der Waals surface area contributed by atoms with E-state index in [1.54, 1.807) is 18.2 Å². The molecular formula is C19H28O8. The molecule has 0 fully saturated rings. The summed E-state index contributed by atoms with van der Waals surface area (Å²) in [5.41, 5.74) is 0.124. The number of hydrogen-bond donors (Lipinski definition) is 0. The molecule has 0 radical (unpaired) electrons. The summed E-state index contributed by atoms with van der Waals surface area (Å²) in [6, 6.07) is 6.37. The van der Waals surface area contributed by atoms with Crippen molar-refractivity contribution in [2.75, 3.05) is 26.9 Å². The summed E-state index contributed by atoms with van der Waals surface area (Å²) >= 11 is 0. The van der Waals surface area contributed by atoms with Gasteiger partial charge in [0.15, 0.2) is 0 Å². The number of benzene rings is 1. The normalized spacial score (nSPS) is 11.5. The highest BCUT2D eigenvalue weighted by molar-refractivity contribution is 5.92. The maximum absolute atomic E-state index is 11.8. The molecule has 0 N–H and O–H groups in total. The van der Waals surface area contributed by atoms with Crippen molar-refractivity contribution in [1.82, 2.24) is 0 Å². The molecule has 0 spiro atoms. The predicted octanol–water partition coefficient (Wildman–Crippen LogP) is 4.08. The van der Waals surface area contributed by atoms with Gasteiger partial charge in [-0.2, -0.15) is 0 Å². The summed E-state index contributed by atoms with van der Waals surface area (Å²) < 4.78 is 15.2. The average molecular weight is 384 g/mol. The number of para-hydroxylation sites is 1. The van der Waals surface area contributed by atoms with Crippen LogP contribution in [0.15, 0.2) is 24.3 Å². The molecule has 0 heterocycles. The lowest BCUT2D eigenvalue weighted by molar-refractivity contribution is -0.452. The summed E-state index contributed by atoms with van der Waals surface area (Å²) in [6.45, 7) is 5.16. The van der Waals surface area contributed by atoms with Gasteiger partial charge in [0.25, 0.3) is 0 Å². The minimum absolute atomic E-state index is 0.00681. The molecule has 8 nitrogen and oxygen atoms in total. The van der Waals surface area contributed by atoms with E-state index in [0.29, 0.717) is 18.3 Å². The fourth-order valence-corrected chi connectivity index (χ4v) is 2.29. The van der Waals surface area contributed by atoms with Crippen molar-refractivity contribution >= 4 is 12.1 Å². The fraction of sp³-hybridized carbons (Fsp3) is 0.579. The largest absolute Gasteiger partial charge is 0.543 e. The number of methoxy groups -OCH3 is 1. The molecule has 8 heteroatoms. The van der Waals surface area contributed by atoms with E-state index in [9.17, 15) is 9.59 Å². The van der Waals surface area contributed by atoms with Crippen LogP contribution in [0.3, 0.4) is 0 Å². The van der Waals surface area contributed by atoms with Gasteiger partial charge in [0, 0.05) is 6.61 Å². The Labute approximate surface area is 159 Å². The molecule has 27 heavy (non-hydrogen) atoms. The third-order valence-corrected chi connectivity index (χ3v) is 3.88. The Kier molecular flexibility index (Phi) is 11.6. The van der Waals surface area contributed by atoms with Crippen LogP contribution in [0.25, 0.3) is 0 Å². The van der Waals surface area contributed by atoms with Crippen molar-refractivity contribution in [3.05, 3.63) is 29.8 Å². The summed E-state index contributed by atoms with van der Waals surface area (Å²) in [5.74, 6) is -0.0639. The molecule has 0 aliphatic heterocycles. The SMILES string of the molecule is CCCCC(CC)COCCOC(=O)OOOC(=O)c1ccccc1OC. The van der Waals surface area contributed by atoms with E-state index < -0.39 is 12.1 Å². The van der Waals surface area contributed by atoms with Crippen LogP contribution in [0.5, 0.6) is 5.75 Å². The second-order valence-corrected chi connectivity index (χ2v) is 5.81. The smallest absolute Gasteiger partial charge is 0.496 e. The molecule has 0 saturated heterocycles. The fourth-order valence-electron chi connectivity index (χ4n) is 2.29. The second-order valence-electron chi connectivity index (χ2n) is 5.81. The summed E-state index contributed by atoms with van der Waals surface area (Å²) in [5, 5.41) is 4.15. The number of carbonyl (C=O) groups is 2. The molecule has 152 valence electrons. The Bertz CT molecular complexity index is 560. The predicted molar refractivity (Wildman–Crippen MR) is 96.1 cm³/mol. The number of ether oxygens (including phenoxy) is 3. The lowest BCUT2D eigenvalue weighted by atomic mass is 10.0. The molecule has 0 amide bonds. The third kappa shape index (κ3) is 9.25. The van der Waals surface area contributed by atoms with Gasteiger partial charge in [0.05, 0.1) is 18.8 Å². The molecule has 0 saturated carbocycles. The first-order chi connectivity index (χ1) is 13.1. The van der Waals surface area contributed by atoms with Crippen LogP contribution < -0.4 is 4.74 Å². The minimum Gasteiger partial charge on any atom is -0.496 e. The first kappa shape index (κ1) is 22.7. The number of hydrogen-bond acceptors (Lipinski definition) is 8. The Hall–Kier alpha value is -2.32. The van der Waals surface area contributed by atoms with Crippen LogP contribution in [-0.2, 0) is 24.3 Å². The van der Waals surface area contributed by atoms with Gasteiger partial charge in [-0.05, 0) is 24.5 Å². The molecule has 0 bridgehead atoms. The van der Waals surface area contributed by atoms with Crippen molar-refractivity contribution in [3.63, 3.8) is 0 Å². The zero-order valence-electron chi connectivity index (χ0n) is 16.1. The zero-order chi connectivity index (χ0) is 19.9. The Morgan fingerprint density at radius 1 is 1.07 bits per heavy atom. The van der Waals surface area contributed by atoms with Crippen LogP contribution in [0.4, 0.5) is 4.79 Å². The lowest BCUT2D eigenvalue weighted by Crippen LogP contribution is -2.16. The molecular weight excluding hydrogens is 356 g/mol. The quantitative estimate of drug-likeness (QED) is 0.217. The monoisotopic (exact) mass is 384 g/mol. The van der Waals surface area contributed by atoms with E-state index in [1.165, 1.54) is 19.6 Å². The summed E-state index contributed by atoms with van der Waals surface area (Å²) in [4.78, 5) is 31.7. The maximum Gasteiger partial charge on any atom is 0.543 e. The first-order valence-corrected chi connectivity index (χ1v) is 9.05. The maximum atomic E-state index is 11.8. The van der Waals surface area contributed by atoms with Crippen LogP contribution in [0, 0.1) is 5.92 Å². The molecule has 1 atom stereocenters. The molecule has 0 aliphatic carbocycles. The minimum atomic E-state index is -1.13. The van der Waals surface area contributed by atoms with Crippen LogP contribution >= 0.6 is 0 Å². The van der Waals surface area contributed by atoms with Gasteiger partial charge in [0.2, 0.25) is 0 Å². The molecule has 1 rings (SSSR count). The van der Waals surface area contributed by atoms with E-state index in [1.807, 2.05) is 0 Å². The van der Waals surface area contributed by atoms with Crippen molar-refractivity contribution in [3.8, 4) is 5.75 Å². The van der Waals surface area contributed by atoms with Gasteiger partial charge in [-0.15, -0.1) is 0 Å². The molecule has 0 aromatic heterocycles. The lowest BCUT2D eigenvalue weighted by Gasteiger charge is -2.14. The number of carbonyl (C=O) groups excluding carboxylic acids is 2. The highest BCUT2D eigenvalue weighted by Gasteiger charge is 2.16. The Morgan fingerprint density at radius 2 is 1.85 bits per heavy atom. The third-order valence-electron chi connectivity index (χ3n) is 3.88. The zero-order valence-corrected chi connectivity index (χ0v) is 16.1. The van der Waals surface area contributed by atoms with E-state index in [2.05, 4.69) is 28.7 Å². The standard InChI is InChI=1S/C19H28O8/c1-4-6-9-15(5-2)14-23-12-13-24-19(21)26-27-25-18(20)16-10-7-8-11-17(16)22-3/h7-8,10-11,15H,4-6,9,12-14H2,1-3H3. The topological polar surface area (TPSA) is 89.5 Å². The van der Waals surface area contributed by atoms with Crippen molar-refractivity contribution < 1.29 is 38.6 Å². The van der Waals surface area contributed by atoms with Gasteiger partial charge in [-0.1, -0.05) is 45.2 Å². The summed E-state index contributed by atoms with van der Waals surface area (Å²) in [7, 11) is 1.41. The van der Waals surface area contributed by atoms with Gasteiger partial charge < -0.3 is 14.2 Å². The molecule has 0 aliphatic rings. The highest BCUT2D eigenvalue weighted by Crippen LogP contribution is 2.18. The van der Waals surface area contributed by atoms with Gasteiger partial charge in [-0.3, -0.25) is 4.89 Å². The van der Waals surface area contributed by atoms with Crippen molar-refractivity contribution in [2.45, 2.75) is 39.5 Å². The number of rotatable bonds is 13. The number of unbranched alkanes of at least 4 members (excludes halogenated alkanes) is 1. The van der Waals surface area contributed by atoms with Gasteiger partial charge in [-0.25, -0.2) is 14.5 Å². The van der Waals surface area contributed by atoms with Gasteiger partial charge >= 0.3 is 12.1 Å². The Morgan fingerprint density at radius 3 is 2.56 bits per heavy atom. The van der Waals surface area contributed by atoms with E-state index in [-0.39, 0.29) is 18.8 Å². The van der Waals surface area contributed by atoms with E-state index in [4.69, 9.17) is 14.2 Å². The van der Waals surface area contributed by atoms with Crippen LogP contribution in [0.2, 0.25) is 0 Å². The molecule has 1 unspecified atom stereocenters. The van der Waals surface area contributed by atoms with Crippen molar-refractivity contribution in [2.24, 2.45) is 5.92 Å². The van der Waals surface area contributed by atoms with E-state index in [0.717, 1.165) is 19.3 Å². The van der Waals surface area contributed by atoms with E-state index >= 15 is 0 Å². The molecule has 1 aromatic rings. The second kappa shape index (κ2) is 13.8. The highest BCUT2D eigenvalue weighted by atomic mass is 17.5. The van der Waals surface area contributed by atoms with Crippen LogP contribution in [-0.4, -0.2) is 39.1 Å². The van der Waals surface area contributed by atoms with Crippen molar-refractivity contribution in [1.29, 1.82) is 0 Å². The van der Waals surface area contributed by atoms with Gasteiger partial charge in [0.1, 0.15) is 17.9 Å². The Balaban J connectivity index is 2.14.